The number of aromatic nitrogens is 2. The van der Waals surface area contributed by atoms with Crippen LogP contribution in [0, 0.1) is 6.92 Å². The van der Waals surface area contributed by atoms with E-state index in [1.165, 1.54) is 5.56 Å². The van der Waals surface area contributed by atoms with Crippen LogP contribution in [0.4, 0.5) is 5.82 Å². The molecule has 0 saturated heterocycles. The van der Waals surface area contributed by atoms with Crippen LogP contribution in [0.2, 0.25) is 0 Å². The minimum absolute atomic E-state index is 0.667. The number of hydrogen-bond acceptors (Lipinski definition) is 2. The lowest BCUT2D eigenvalue weighted by Gasteiger charge is -2.04. The van der Waals surface area contributed by atoms with Gasteiger partial charge in [0.2, 0.25) is 0 Å². The van der Waals surface area contributed by atoms with E-state index in [9.17, 15) is 0 Å². The molecule has 0 amide bonds. The number of anilines is 1. The zero-order valence-corrected chi connectivity index (χ0v) is 10.2. The summed E-state index contributed by atoms with van der Waals surface area (Å²) in [6, 6.07) is 7.96. The van der Waals surface area contributed by atoms with Gasteiger partial charge in [-0.2, -0.15) is 5.10 Å². The lowest BCUT2D eigenvalue weighted by molar-refractivity contribution is 0.782. The van der Waals surface area contributed by atoms with Gasteiger partial charge in [-0.25, -0.2) is 0 Å². The van der Waals surface area contributed by atoms with E-state index in [-0.39, 0.29) is 0 Å². The normalized spacial score (nSPS) is 10.6. The molecule has 2 rings (SSSR count). The first-order valence-corrected chi connectivity index (χ1v) is 5.44. The van der Waals surface area contributed by atoms with Crippen LogP contribution in [0.3, 0.4) is 0 Å². The Morgan fingerprint density at radius 3 is 2.67 bits per heavy atom. The maximum atomic E-state index is 5.76. The first-order valence-electron chi connectivity index (χ1n) is 4.64. The molecule has 3 nitrogen and oxygen atoms in total. The van der Waals surface area contributed by atoms with Gasteiger partial charge in [-0.1, -0.05) is 28.1 Å². The Kier molecular flexibility index (Phi) is 2.52. The third-order valence-corrected chi connectivity index (χ3v) is 3.05. The van der Waals surface area contributed by atoms with Crippen LogP contribution in [-0.2, 0) is 7.05 Å². The van der Waals surface area contributed by atoms with E-state index in [1.54, 1.807) is 4.68 Å². The molecular weight excluding hydrogens is 254 g/mol. The molecule has 0 fully saturated rings. The molecule has 0 aliphatic rings. The third-order valence-electron chi connectivity index (χ3n) is 2.39. The average molecular weight is 266 g/mol. The molecule has 1 heterocycles. The summed E-state index contributed by atoms with van der Waals surface area (Å²) < 4.78 is 2.72. The summed E-state index contributed by atoms with van der Waals surface area (Å²) in [6.07, 6.45) is 0. The summed E-state index contributed by atoms with van der Waals surface area (Å²) in [4.78, 5) is 0. The molecule has 0 aliphatic heterocycles. The second-order valence-electron chi connectivity index (χ2n) is 3.51. The van der Waals surface area contributed by atoms with E-state index in [4.69, 9.17) is 5.73 Å². The zero-order chi connectivity index (χ0) is 11.0. The van der Waals surface area contributed by atoms with Gasteiger partial charge in [0.1, 0.15) is 5.82 Å². The zero-order valence-electron chi connectivity index (χ0n) is 8.66. The molecule has 78 valence electrons. The van der Waals surface area contributed by atoms with Gasteiger partial charge in [-0.3, -0.25) is 4.68 Å². The van der Waals surface area contributed by atoms with E-state index < -0.39 is 0 Å². The smallest absolute Gasteiger partial charge is 0.121 e. The molecule has 2 aromatic rings. The van der Waals surface area contributed by atoms with Crippen molar-refractivity contribution >= 4 is 21.7 Å². The Labute approximate surface area is 97.0 Å². The van der Waals surface area contributed by atoms with Crippen molar-refractivity contribution in [1.82, 2.24) is 9.78 Å². The van der Waals surface area contributed by atoms with Gasteiger partial charge >= 0.3 is 0 Å². The van der Waals surface area contributed by atoms with Crippen molar-refractivity contribution in [3.63, 3.8) is 0 Å². The van der Waals surface area contributed by atoms with Gasteiger partial charge in [0, 0.05) is 23.2 Å². The van der Waals surface area contributed by atoms with Gasteiger partial charge in [0.05, 0.1) is 5.69 Å². The Bertz CT molecular complexity index is 463. The van der Waals surface area contributed by atoms with Crippen molar-refractivity contribution in [2.24, 2.45) is 7.05 Å². The van der Waals surface area contributed by atoms with Crippen molar-refractivity contribution in [3.05, 3.63) is 34.3 Å². The molecule has 0 bridgehead atoms. The Morgan fingerprint density at radius 1 is 1.40 bits per heavy atom. The van der Waals surface area contributed by atoms with Crippen molar-refractivity contribution < 1.29 is 0 Å². The Balaban J connectivity index is 2.63. The van der Waals surface area contributed by atoms with Crippen LogP contribution in [0.5, 0.6) is 0 Å². The first kappa shape index (κ1) is 10.2. The van der Waals surface area contributed by atoms with Crippen LogP contribution in [0.15, 0.2) is 28.7 Å². The van der Waals surface area contributed by atoms with Crippen LogP contribution in [0.25, 0.3) is 11.3 Å². The molecule has 0 radical (unpaired) electrons. The molecule has 0 spiro atoms. The van der Waals surface area contributed by atoms with Crippen molar-refractivity contribution in [2.75, 3.05) is 5.73 Å². The summed E-state index contributed by atoms with van der Waals surface area (Å²) >= 11 is 3.53. The van der Waals surface area contributed by atoms with Gasteiger partial charge in [0.15, 0.2) is 0 Å². The SMILES string of the molecule is Cc1cccc(Br)c1-c1cc(N)n(C)n1. The topological polar surface area (TPSA) is 43.8 Å². The minimum Gasteiger partial charge on any atom is -0.384 e. The largest absolute Gasteiger partial charge is 0.384 e. The average Bonchev–Trinajstić information content (AvgIpc) is 2.46. The standard InChI is InChI=1S/C11H12BrN3/c1-7-4-3-5-8(12)11(7)9-6-10(13)15(2)14-9/h3-6H,13H2,1-2H3. The highest BCUT2D eigenvalue weighted by Gasteiger charge is 2.10. The highest BCUT2D eigenvalue weighted by Crippen LogP contribution is 2.30. The quantitative estimate of drug-likeness (QED) is 0.862. The number of nitrogens with zero attached hydrogens (tertiary/aromatic N) is 2. The van der Waals surface area contributed by atoms with Crippen LogP contribution < -0.4 is 5.73 Å². The predicted molar refractivity (Wildman–Crippen MR) is 65.5 cm³/mol. The fourth-order valence-electron chi connectivity index (χ4n) is 1.56. The van der Waals surface area contributed by atoms with Gasteiger partial charge < -0.3 is 5.73 Å². The van der Waals surface area contributed by atoms with Gasteiger partial charge in [-0.05, 0) is 18.6 Å². The minimum atomic E-state index is 0.667. The molecule has 1 aromatic carbocycles. The van der Waals surface area contributed by atoms with Crippen molar-refractivity contribution in [3.8, 4) is 11.3 Å². The maximum absolute atomic E-state index is 5.76. The number of nitrogens with two attached hydrogens (primary N) is 1. The Hall–Kier alpha value is -1.29. The predicted octanol–water partition coefficient (Wildman–Crippen LogP) is 2.74. The molecule has 0 aliphatic carbocycles. The molecule has 0 saturated carbocycles. The fraction of sp³-hybridized carbons (Fsp3) is 0.182. The maximum Gasteiger partial charge on any atom is 0.121 e. The summed E-state index contributed by atoms with van der Waals surface area (Å²) in [7, 11) is 1.84. The molecule has 15 heavy (non-hydrogen) atoms. The van der Waals surface area contributed by atoms with Gasteiger partial charge in [0.25, 0.3) is 0 Å². The molecule has 1 aromatic heterocycles. The van der Waals surface area contributed by atoms with Crippen LogP contribution >= 0.6 is 15.9 Å². The number of benzene rings is 1. The summed E-state index contributed by atoms with van der Waals surface area (Å²) in [5.74, 6) is 0.667. The highest BCUT2D eigenvalue weighted by atomic mass is 79.9. The summed E-state index contributed by atoms with van der Waals surface area (Å²) in [5.41, 5.74) is 8.95. The molecule has 0 unspecified atom stereocenters. The van der Waals surface area contributed by atoms with E-state index in [0.717, 1.165) is 15.7 Å². The lowest BCUT2D eigenvalue weighted by Crippen LogP contribution is -1.96. The number of halogens is 1. The van der Waals surface area contributed by atoms with E-state index in [0.29, 0.717) is 5.82 Å². The second-order valence-corrected chi connectivity index (χ2v) is 4.36. The Morgan fingerprint density at radius 2 is 2.13 bits per heavy atom. The fourth-order valence-corrected chi connectivity index (χ4v) is 2.23. The summed E-state index contributed by atoms with van der Waals surface area (Å²) in [5, 5.41) is 4.36. The number of rotatable bonds is 1. The monoisotopic (exact) mass is 265 g/mol. The van der Waals surface area contributed by atoms with Crippen molar-refractivity contribution in [1.29, 1.82) is 0 Å². The molecule has 0 atom stereocenters. The molecular formula is C11H12BrN3. The van der Waals surface area contributed by atoms with Crippen LogP contribution in [-0.4, -0.2) is 9.78 Å². The van der Waals surface area contributed by atoms with E-state index in [2.05, 4.69) is 34.0 Å². The highest BCUT2D eigenvalue weighted by molar-refractivity contribution is 9.10. The van der Waals surface area contributed by atoms with E-state index >= 15 is 0 Å². The summed E-state index contributed by atoms with van der Waals surface area (Å²) in [6.45, 7) is 2.06. The first-order chi connectivity index (χ1) is 7.09. The van der Waals surface area contributed by atoms with Gasteiger partial charge in [-0.15, -0.1) is 0 Å². The second kappa shape index (κ2) is 3.70. The third kappa shape index (κ3) is 1.77. The number of hydrogen-bond donors (Lipinski definition) is 1. The number of nitrogen functional groups attached to an aromatic ring is 1. The molecule has 4 heteroatoms. The molecule has 2 N–H and O–H groups in total. The number of aryl methyl sites for hydroxylation is 2. The van der Waals surface area contributed by atoms with E-state index in [1.807, 2.05) is 25.2 Å². The lowest BCUT2D eigenvalue weighted by atomic mass is 10.1. The van der Waals surface area contributed by atoms with Crippen molar-refractivity contribution in [2.45, 2.75) is 6.92 Å². The van der Waals surface area contributed by atoms with Crippen LogP contribution in [0.1, 0.15) is 5.56 Å².